The summed E-state index contributed by atoms with van der Waals surface area (Å²) in [5.74, 6) is -1.05. The molecule has 0 saturated carbocycles. The summed E-state index contributed by atoms with van der Waals surface area (Å²) in [7, 11) is 0. The predicted octanol–water partition coefficient (Wildman–Crippen LogP) is -0.452. The van der Waals surface area contributed by atoms with Gasteiger partial charge in [-0.15, -0.1) is 0 Å². The van der Waals surface area contributed by atoms with E-state index < -0.39 is 11.9 Å². The second-order valence-electron chi connectivity index (χ2n) is 5.07. The highest BCUT2D eigenvalue weighted by Crippen LogP contribution is 2.14. The molecule has 1 unspecified atom stereocenters. The third kappa shape index (κ3) is 3.18. The summed E-state index contributed by atoms with van der Waals surface area (Å²) >= 11 is 0. The maximum Gasteiger partial charge on any atom is 0.256 e. The van der Waals surface area contributed by atoms with Crippen molar-refractivity contribution in [3.63, 3.8) is 0 Å². The van der Waals surface area contributed by atoms with E-state index in [1.165, 1.54) is 22.9 Å². The number of amides is 3. The van der Waals surface area contributed by atoms with Gasteiger partial charge in [-0.1, -0.05) is 0 Å². The highest BCUT2D eigenvalue weighted by atomic mass is 16.2. The molecule has 1 atom stereocenters. The van der Waals surface area contributed by atoms with E-state index in [0.29, 0.717) is 12.1 Å². The SMILES string of the molecule is CC(=O)N1CCN(C(=O)c2ccc(C)nc2)C(C(N)=O)C1. The highest BCUT2D eigenvalue weighted by molar-refractivity contribution is 5.97. The van der Waals surface area contributed by atoms with Crippen LogP contribution in [-0.4, -0.2) is 58.2 Å². The van der Waals surface area contributed by atoms with Crippen molar-refractivity contribution in [3.8, 4) is 0 Å². The van der Waals surface area contributed by atoms with E-state index in [1.807, 2.05) is 6.92 Å². The van der Waals surface area contributed by atoms with Gasteiger partial charge in [-0.25, -0.2) is 0 Å². The molecule has 3 amide bonds. The maximum absolute atomic E-state index is 12.5. The second kappa shape index (κ2) is 5.90. The second-order valence-corrected chi connectivity index (χ2v) is 5.07. The first-order valence-corrected chi connectivity index (χ1v) is 6.68. The van der Waals surface area contributed by atoms with Gasteiger partial charge in [0.05, 0.1) is 12.1 Å². The number of nitrogens with zero attached hydrogens (tertiary/aromatic N) is 3. The Balaban J connectivity index is 2.21. The lowest BCUT2D eigenvalue weighted by molar-refractivity contribution is -0.134. The molecule has 0 radical (unpaired) electrons. The van der Waals surface area contributed by atoms with Gasteiger partial charge in [-0.3, -0.25) is 19.4 Å². The summed E-state index contributed by atoms with van der Waals surface area (Å²) < 4.78 is 0. The van der Waals surface area contributed by atoms with Crippen molar-refractivity contribution in [2.24, 2.45) is 5.73 Å². The largest absolute Gasteiger partial charge is 0.368 e. The number of hydrogen-bond acceptors (Lipinski definition) is 4. The van der Waals surface area contributed by atoms with Crippen molar-refractivity contribution >= 4 is 17.7 Å². The van der Waals surface area contributed by atoms with Gasteiger partial charge in [0.25, 0.3) is 5.91 Å². The lowest BCUT2D eigenvalue weighted by Gasteiger charge is -2.39. The molecule has 1 aromatic rings. The van der Waals surface area contributed by atoms with Gasteiger partial charge in [0.1, 0.15) is 6.04 Å². The quantitative estimate of drug-likeness (QED) is 0.797. The van der Waals surface area contributed by atoms with Crippen molar-refractivity contribution in [2.75, 3.05) is 19.6 Å². The number of carbonyl (C=O) groups is 3. The number of carbonyl (C=O) groups excluding carboxylic acids is 3. The standard InChI is InChI=1S/C14H18N4O3/c1-9-3-4-11(7-16-9)14(21)18-6-5-17(10(2)19)8-12(18)13(15)20/h3-4,7,12H,5-6,8H2,1-2H3,(H2,15,20). The summed E-state index contributed by atoms with van der Waals surface area (Å²) in [6.45, 7) is 4.06. The van der Waals surface area contributed by atoms with Crippen LogP contribution in [0.15, 0.2) is 18.3 Å². The van der Waals surface area contributed by atoms with E-state index in [4.69, 9.17) is 5.73 Å². The molecule has 0 spiro atoms. The van der Waals surface area contributed by atoms with Crippen molar-refractivity contribution in [1.29, 1.82) is 0 Å². The first kappa shape index (κ1) is 15.0. The lowest BCUT2D eigenvalue weighted by atomic mass is 10.1. The first-order valence-electron chi connectivity index (χ1n) is 6.68. The van der Waals surface area contributed by atoms with E-state index in [-0.39, 0.29) is 24.9 Å². The molecule has 7 nitrogen and oxygen atoms in total. The van der Waals surface area contributed by atoms with E-state index in [9.17, 15) is 14.4 Å². The van der Waals surface area contributed by atoms with Crippen LogP contribution in [0.2, 0.25) is 0 Å². The van der Waals surface area contributed by atoms with Crippen LogP contribution in [0, 0.1) is 6.92 Å². The van der Waals surface area contributed by atoms with Crippen molar-refractivity contribution < 1.29 is 14.4 Å². The fraction of sp³-hybridized carbons (Fsp3) is 0.429. The fourth-order valence-corrected chi connectivity index (χ4v) is 2.32. The molecule has 2 rings (SSSR count). The number of aromatic nitrogens is 1. The van der Waals surface area contributed by atoms with Crippen LogP contribution in [-0.2, 0) is 9.59 Å². The normalized spacial score (nSPS) is 18.5. The highest BCUT2D eigenvalue weighted by Gasteiger charge is 2.35. The van der Waals surface area contributed by atoms with Crippen LogP contribution < -0.4 is 5.73 Å². The molecule has 2 heterocycles. The van der Waals surface area contributed by atoms with Crippen LogP contribution in [0.4, 0.5) is 0 Å². The number of rotatable bonds is 2. The predicted molar refractivity (Wildman–Crippen MR) is 75.2 cm³/mol. The van der Waals surface area contributed by atoms with E-state index >= 15 is 0 Å². The maximum atomic E-state index is 12.5. The summed E-state index contributed by atoms with van der Waals surface area (Å²) in [4.78, 5) is 42.5. The molecular formula is C14H18N4O3. The third-order valence-electron chi connectivity index (χ3n) is 3.57. The Hall–Kier alpha value is -2.44. The van der Waals surface area contributed by atoms with Crippen molar-refractivity contribution in [3.05, 3.63) is 29.6 Å². The van der Waals surface area contributed by atoms with Gasteiger partial charge in [0.15, 0.2) is 0 Å². The number of pyridine rings is 1. The monoisotopic (exact) mass is 290 g/mol. The van der Waals surface area contributed by atoms with Gasteiger partial charge in [0.2, 0.25) is 11.8 Å². The Morgan fingerprint density at radius 2 is 2.00 bits per heavy atom. The Bertz CT molecular complexity index is 570. The summed E-state index contributed by atoms with van der Waals surface area (Å²) in [5.41, 5.74) is 6.58. The van der Waals surface area contributed by atoms with Crippen LogP contribution in [0.1, 0.15) is 23.0 Å². The van der Waals surface area contributed by atoms with E-state index in [2.05, 4.69) is 4.98 Å². The number of hydrogen-bond donors (Lipinski definition) is 1. The fourth-order valence-electron chi connectivity index (χ4n) is 2.32. The molecule has 0 aromatic carbocycles. The zero-order valence-corrected chi connectivity index (χ0v) is 12.1. The minimum absolute atomic E-state index is 0.134. The van der Waals surface area contributed by atoms with Crippen molar-refractivity contribution in [2.45, 2.75) is 19.9 Å². The molecule has 112 valence electrons. The minimum Gasteiger partial charge on any atom is -0.368 e. The average Bonchev–Trinajstić information content (AvgIpc) is 2.46. The molecule has 21 heavy (non-hydrogen) atoms. The number of aryl methyl sites for hydroxylation is 1. The summed E-state index contributed by atoms with van der Waals surface area (Å²) in [6, 6.07) is 2.59. The van der Waals surface area contributed by atoms with Gasteiger partial charge < -0.3 is 15.5 Å². The molecule has 7 heteroatoms. The summed E-state index contributed by atoms with van der Waals surface area (Å²) in [6.07, 6.45) is 1.48. The van der Waals surface area contributed by atoms with Crippen LogP contribution in [0.25, 0.3) is 0 Å². The number of piperazine rings is 1. The Morgan fingerprint density at radius 3 is 2.52 bits per heavy atom. The molecule has 0 bridgehead atoms. The van der Waals surface area contributed by atoms with Gasteiger partial charge >= 0.3 is 0 Å². The molecule has 1 fully saturated rings. The van der Waals surface area contributed by atoms with Crippen LogP contribution in [0.3, 0.4) is 0 Å². The molecule has 2 N–H and O–H groups in total. The van der Waals surface area contributed by atoms with Gasteiger partial charge in [0, 0.05) is 31.9 Å². The minimum atomic E-state index is -0.809. The Labute approximate surface area is 122 Å². The number of primary amides is 1. The lowest BCUT2D eigenvalue weighted by Crippen LogP contribution is -2.60. The molecule has 0 aliphatic carbocycles. The van der Waals surface area contributed by atoms with E-state index in [1.54, 1.807) is 12.1 Å². The zero-order valence-electron chi connectivity index (χ0n) is 12.1. The average molecular weight is 290 g/mol. The van der Waals surface area contributed by atoms with Gasteiger partial charge in [-0.05, 0) is 19.1 Å². The summed E-state index contributed by atoms with van der Waals surface area (Å²) in [5, 5.41) is 0. The topological polar surface area (TPSA) is 96.6 Å². The Kier molecular flexibility index (Phi) is 4.21. The van der Waals surface area contributed by atoms with Crippen molar-refractivity contribution in [1.82, 2.24) is 14.8 Å². The molecular weight excluding hydrogens is 272 g/mol. The zero-order chi connectivity index (χ0) is 15.6. The molecule has 1 aromatic heterocycles. The van der Waals surface area contributed by atoms with Crippen LogP contribution in [0.5, 0.6) is 0 Å². The van der Waals surface area contributed by atoms with Gasteiger partial charge in [-0.2, -0.15) is 0 Å². The molecule has 1 aliphatic rings. The third-order valence-corrected chi connectivity index (χ3v) is 3.57. The molecule has 1 aliphatic heterocycles. The molecule has 1 saturated heterocycles. The Morgan fingerprint density at radius 1 is 1.29 bits per heavy atom. The number of nitrogens with two attached hydrogens (primary N) is 1. The smallest absolute Gasteiger partial charge is 0.256 e. The first-order chi connectivity index (χ1) is 9.90. The van der Waals surface area contributed by atoms with E-state index in [0.717, 1.165) is 5.69 Å². The van der Waals surface area contributed by atoms with Crippen LogP contribution >= 0.6 is 0 Å².